The number of hydrogen-bond acceptors (Lipinski definition) is 4. The average Bonchev–Trinajstić information content (AvgIpc) is 2.40. The molecule has 1 aromatic rings. The van der Waals surface area contributed by atoms with Crippen LogP contribution in [0.1, 0.15) is 6.92 Å². The van der Waals surface area contributed by atoms with E-state index >= 15 is 0 Å². The first kappa shape index (κ1) is 13.3. The highest BCUT2D eigenvalue weighted by Gasteiger charge is 2.24. The topological polar surface area (TPSA) is 44.7 Å². The zero-order valence-electron chi connectivity index (χ0n) is 10.9. The Labute approximate surface area is 109 Å². The van der Waals surface area contributed by atoms with Crippen molar-refractivity contribution in [1.82, 2.24) is 10.2 Å². The number of aliphatic hydroxyl groups is 1. The molecule has 2 N–H and O–H groups in total. The van der Waals surface area contributed by atoms with Gasteiger partial charge in [-0.15, -0.1) is 0 Å². The molecule has 18 heavy (non-hydrogen) atoms. The van der Waals surface area contributed by atoms with Crippen LogP contribution in [0, 0.1) is 0 Å². The molecule has 100 valence electrons. The van der Waals surface area contributed by atoms with E-state index in [1.165, 1.54) is 0 Å². The predicted octanol–water partition coefficient (Wildman–Crippen LogP) is 0.720. The van der Waals surface area contributed by atoms with Crippen molar-refractivity contribution in [1.29, 1.82) is 0 Å². The van der Waals surface area contributed by atoms with Crippen molar-refractivity contribution >= 4 is 0 Å². The van der Waals surface area contributed by atoms with Crippen LogP contribution in [0.3, 0.4) is 0 Å². The molecule has 1 heterocycles. The Hall–Kier alpha value is -1.10. The second kappa shape index (κ2) is 6.73. The maximum Gasteiger partial charge on any atom is 0.119 e. The van der Waals surface area contributed by atoms with Gasteiger partial charge >= 0.3 is 0 Å². The molecule has 2 unspecified atom stereocenters. The molecule has 0 bridgehead atoms. The SMILES string of the molecule is CC1CN(CCOc2ccccc2)C(CO)CN1. The van der Waals surface area contributed by atoms with Crippen LogP contribution in [-0.2, 0) is 0 Å². The van der Waals surface area contributed by atoms with Crippen molar-refractivity contribution in [2.24, 2.45) is 0 Å². The van der Waals surface area contributed by atoms with E-state index in [4.69, 9.17) is 4.74 Å². The zero-order chi connectivity index (χ0) is 12.8. The molecule has 0 aliphatic carbocycles. The van der Waals surface area contributed by atoms with Crippen molar-refractivity contribution in [3.05, 3.63) is 30.3 Å². The maximum absolute atomic E-state index is 9.34. The maximum atomic E-state index is 9.34. The number of piperazine rings is 1. The van der Waals surface area contributed by atoms with Gasteiger partial charge in [-0.25, -0.2) is 0 Å². The van der Waals surface area contributed by atoms with Crippen LogP contribution >= 0.6 is 0 Å². The van der Waals surface area contributed by atoms with E-state index in [1.54, 1.807) is 0 Å². The van der Waals surface area contributed by atoms with Gasteiger partial charge in [0.05, 0.1) is 6.61 Å². The Morgan fingerprint density at radius 1 is 1.39 bits per heavy atom. The van der Waals surface area contributed by atoms with E-state index in [0.717, 1.165) is 25.4 Å². The Morgan fingerprint density at radius 2 is 2.17 bits per heavy atom. The number of aliphatic hydroxyl groups excluding tert-OH is 1. The number of para-hydroxylation sites is 1. The molecule has 2 atom stereocenters. The van der Waals surface area contributed by atoms with Gasteiger partial charge < -0.3 is 15.2 Å². The van der Waals surface area contributed by atoms with Crippen LogP contribution in [0.5, 0.6) is 5.75 Å². The summed E-state index contributed by atoms with van der Waals surface area (Å²) >= 11 is 0. The summed E-state index contributed by atoms with van der Waals surface area (Å²) < 4.78 is 5.69. The molecule has 1 aliphatic heterocycles. The molecule has 2 rings (SSSR count). The van der Waals surface area contributed by atoms with Crippen LogP contribution in [-0.4, -0.2) is 54.9 Å². The normalized spacial score (nSPS) is 25.0. The van der Waals surface area contributed by atoms with Crippen LogP contribution in [0.2, 0.25) is 0 Å². The van der Waals surface area contributed by atoms with Gasteiger partial charge in [-0.3, -0.25) is 4.90 Å². The second-order valence-corrected chi connectivity index (χ2v) is 4.80. The minimum Gasteiger partial charge on any atom is -0.492 e. The molecule has 0 radical (unpaired) electrons. The smallest absolute Gasteiger partial charge is 0.119 e. The molecule has 4 nitrogen and oxygen atoms in total. The number of ether oxygens (including phenoxy) is 1. The van der Waals surface area contributed by atoms with E-state index < -0.39 is 0 Å². The minimum atomic E-state index is 0.199. The largest absolute Gasteiger partial charge is 0.492 e. The molecule has 0 aromatic heterocycles. The number of hydrogen-bond donors (Lipinski definition) is 2. The van der Waals surface area contributed by atoms with E-state index in [-0.39, 0.29) is 12.6 Å². The summed E-state index contributed by atoms with van der Waals surface area (Å²) in [6.07, 6.45) is 0. The number of nitrogens with one attached hydrogen (secondary N) is 1. The molecule has 4 heteroatoms. The first-order valence-electron chi connectivity index (χ1n) is 6.55. The van der Waals surface area contributed by atoms with E-state index in [1.807, 2.05) is 30.3 Å². The zero-order valence-corrected chi connectivity index (χ0v) is 10.9. The van der Waals surface area contributed by atoms with Crippen molar-refractivity contribution in [3.8, 4) is 5.75 Å². The van der Waals surface area contributed by atoms with Crippen LogP contribution in [0.15, 0.2) is 30.3 Å². The highest BCUT2D eigenvalue weighted by atomic mass is 16.5. The summed E-state index contributed by atoms with van der Waals surface area (Å²) in [5.74, 6) is 0.904. The summed E-state index contributed by atoms with van der Waals surface area (Å²) in [7, 11) is 0. The quantitative estimate of drug-likeness (QED) is 0.808. The van der Waals surface area contributed by atoms with E-state index in [9.17, 15) is 5.11 Å². The van der Waals surface area contributed by atoms with Crippen molar-refractivity contribution in [3.63, 3.8) is 0 Å². The fraction of sp³-hybridized carbons (Fsp3) is 0.571. The third-order valence-electron chi connectivity index (χ3n) is 3.33. The summed E-state index contributed by atoms with van der Waals surface area (Å²) in [5, 5.41) is 12.7. The summed E-state index contributed by atoms with van der Waals surface area (Å²) in [6.45, 7) is 5.69. The molecular weight excluding hydrogens is 228 g/mol. The molecule has 1 aliphatic rings. The molecular formula is C14H22N2O2. The van der Waals surface area contributed by atoms with Gasteiger partial charge in [-0.2, -0.15) is 0 Å². The van der Waals surface area contributed by atoms with Crippen molar-refractivity contribution in [2.75, 3.05) is 32.8 Å². The van der Waals surface area contributed by atoms with E-state index in [2.05, 4.69) is 17.1 Å². The third kappa shape index (κ3) is 3.70. The molecule has 0 spiro atoms. The monoisotopic (exact) mass is 250 g/mol. The lowest BCUT2D eigenvalue weighted by molar-refractivity contribution is 0.0718. The van der Waals surface area contributed by atoms with Crippen LogP contribution < -0.4 is 10.1 Å². The summed E-state index contributed by atoms with van der Waals surface area (Å²) in [5.41, 5.74) is 0. The standard InChI is InChI=1S/C14H22N2O2/c1-12-10-16(13(11-17)9-15-12)7-8-18-14-5-3-2-4-6-14/h2-6,12-13,15,17H,7-11H2,1H3. The van der Waals surface area contributed by atoms with Gasteiger partial charge in [0.2, 0.25) is 0 Å². The van der Waals surface area contributed by atoms with Crippen LogP contribution in [0.25, 0.3) is 0 Å². The lowest BCUT2D eigenvalue weighted by Crippen LogP contribution is -2.57. The molecule has 0 amide bonds. The Morgan fingerprint density at radius 3 is 2.89 bits per heavy atom. The van der Waals surface area contributed by atoms with Gasteiger partial charge in [0.1, 0.15) is 12.4 Å². The Bertz CT molecular complexity index is 345. The van der Waals surface area contributed by atoms with Crippen molar-refractivity contribution in [2.45, 2.75) is 19.0 Å². The van der Waals surface area contributed by atoms with Gasteiger partial charge in [0.15, 0.2) is 0 Å². The van der Waals surface area contributed by atoms with Gasteiger partial charge in [0.25, 0.3) is 0 Å². The van der Waals surface area contributed by atoms with Crippen LogP contribution in [0.4, 0.5) is 0 Å². The van der Waals surface area contributed by atoms with Gasteiger partial charge in [0, 0.05) is 31.7 Å². The lowest BCUT2D eigenvalue weighted by Gasteiger charge is -2.38. The Balaban J connectivity index is 1.77. The summed E-state index contributed by atoms with van der Waals surface area (Å²) in [6, 6.07) is 10.5. The average molecular weight is 250 g/mol. The molecule has 1 aromatic carbocycles. The fourth-order valence-electron chi connectivity index (χ4n) is 2.28. The molecule has 0 saturated carbocycles. The van der Waals surface area contributed by atoms with Gasteiger partial charge in [-0.05, 0) is 19.1 Å². The Kier molecular flexibility index (Phi) is 4.99. The lowest BCUT2D eigenvalue weighted by atomic mass is 10.1. The number of rotatable bonds is 5. The van der Waals surface area contributed by atoms with E-state index in [0.29, 0.717) is 12.6 Å². The minimum absolute atomic E-state index is 0.199. The first-order chi connectivity index (χ1) is 8.79. The molecule has 1 saturated heterocycles. The highest BCUT2D eigenvalue weighted by Crippen LogP contribution is 2.10. The third-order valence-corrected chi connectivity index (χ3v) is 3.33. The predicted molar refractivity (Wildman–Crippen MR) is 71.8 cm³/mol. The second-order valence-electron chi connectivity index (χ2n) is 4.80. The molecule has 1 fully saturated rings. The summed E-state index contributed by atoms with van der Waals surface area (Å²) in [4.78, 5) is 2.30. The van der Waals surface area contributed by atoms with Gasteiger partial charge in [-0.1, -0.05) is 18.2 Å². The fourth-order valence-corrected chi connectivity index (χ4v) is 2.28. The first-order valence-corrected chi connectivity index (χ1v) is 6.55. The van der Waals surface area contributed by atoms with Crippen molar-refractivity contribution < 1.29 is 9.84 Å². The number of benzene rings is 1. The number of nitrogens with zero attached hydrogens (tertiary/aromatic N) is 1. The highest BCUT2D eigenvalue weighted by molar-refractivity contribution is 5.20.